The van der Waals surface area contributed by atoms with E-state index in [1.54, 1.807) is 19.2 Å². The van der Waals surface area contributed by atoms with E-state index in [-0.39, 0.29) is 17.5 Å². The number of benzene rings is 3. The van der Waals surface area contributed by atoms with Crippen molar-refractivity contribution in [2.75, 3.05) is 17.3 Å². The van der Waals surface area contributed by atoms with Crippen molar-refractivity contribution in [2.24, 2.45) is 0 Å². The molecule has 0 radical (unpaired) electrons. The molecule has 4 rings (SSSR count). The van der Waals surface area contributed by atoms with E-state index in [1.807, 2.05) is 74.5 Å². The van der Waals surface area contributed by atoms with Gasteiger partial charge in [-0.05, 0) is 66.9 Å². The van der Waals surface area contributed by atoms with Crippen LogP contribution in [0.4, 0.5) is 11.4 Å². The predicted octanol–water partition coefficient (Wildman–Crippen LogP) is 4.71. The molecule has 0 saturated heterocycles. The van der Waals surface area contributed by atoms with Gasteiger partial charge in [0.15, 0.2) is 0 Å². The summed E-state index contributed by atoms with van der Waals surface area (Å²) in [4.78, 5) is 28.1. The van der Waals surface area contributed by atoms with Gasteiger partial charge in [-0.15, -0.1) is 0 Å². The number of nitrogens with one attached hydrogen (secondary N) is 1. The lowest BCUT2D eigenvalue weighted by Gasteiger charge is -2.17. The second kappa shape index (κ2) is 7.87. The van der Waals surface area contributed by atoms with Gasteiger partial charge in [0.2, 0.25) is 0 Å². The van der Waals surface area contributed by atoms with Gasteiger partial charge < -0.3 is 10.1 Å². The van der Waals surface area contributed by atoms with Gasteiger partial charge in [0.05, 0.1) is 18.4 Å². The van der Waals surface area contributed by atoms with Crippen molar-refractivity contribution in [2.45, 2.75) is 13.8 Å². The second-order valence-electron chi connectivity index (χ2n) is 7.26. The number of ether oxygens (including phenoxy) is 1. The molecule has 30 heavy (non-hydrogen) atoms. The minimum Gasteiger partial charge on any atom is -0.497 e. The van der Waals surface area contributed by atoms with E-state index in [4.69, 9.17) is 4.74 Å². The van der Waals surface area contributed by atoms with Gasteiger partial charge in [-0.3, -0.25) is 9.59 Å². The van der Waals surface area contributed by atoms with Gasteiger partial charge in [-0.25, -0.2) is 4.90 Å². The maximum atomic E-state index is 13.4. The van der Waals surface area contributed by atoms with Crippen LogP contribution in [0.15, 0.2) is 78.5 Å². The molecule has 0 saturated carbocycles. The maximum absolute atomic E-state index is 13.4. The second-order valence-corrected chi connectivity index (χ2v) is 7.26. The summed E-state index contributed by atoms with van der Waals surface area (Å²) in [5, 5.41) is 3.16. The molecule has 150 valence electrons. The molecule has 0 aromatic heterocycles. The fourth-order valence-corrected chi connectivity index (χ4v) is 3.65. The van der Waals surface area contributed by atoms with E-state index in [9.17, 15) is 9.59 Å². The Bertz CT molecular complexity index is 1130. The Hall–Kier alpha value is -3.86. The third-order valence-electron chi connectivity index (χ3n) is 4.97. The predicted molar refractivity (Wildman–Crippen MR) is 118 cm³/mol. The molecule has 2 amide bonds. The molecule has 1 N–H and O–H groups in total. The van der Waals surface area contributed by atoms with Crippen molar-refractivity contribution in [3.63, 3.8) is 0 Å². The number of methoxy groups -OCH3 is 1. The van der Waals surface area contributed by atoms with Gasteiger partial charge in [0.25, 0.3) is 11.8 Å². The van der Waals surface area contributed by atoms with Gasteiger partial charge >= 0.3 is 0 Å². The number of imide groups is 1. The summed E-state index contributed by atoms with van der Waals surface area (Å²) in [6, 6.07) is 22.2. The Balaban J connectivity index is 1.80. The van der Waals surface area contributed by atoms with Crippen LogP contribution in [0.1, 0.15) is 16.7 Å². The SMILES string of the molecule is COc1ccc(NC2=C(c3ccccc3)C(=O)N(c3cc(C)cc(C)c3)C2=O)cc1. The number of hydrogen-bond donors (Lipinski definition) is 1. The Kier molecular flexibility index (Phi) is 5.11. The summed E-state index contributed by atoms with van der Waals surface area (Å²) < 4.78 is 5.20. The van der Waals surface area contributed by atoms with Gasteiger partial charge in [0.1, 0.15) is 11.4 Å². The van der Waals surface area contributed by atoms with Crippen molar-refractivity contribution >= 4 is 28.8 Å². The maximum Gasteiger partial charge on any atom is 0.282 e. The highest BCUT2D eigenvalue weighted by atomic mass is 16.5. The molecule has 1 heterocycles. The van der Waals surface area contributed by atoms with E-state index >= 15 is 0 Å². The number of amides is 2. The zero-order valence-corrected chi connectivity index (χ0v) is 17.1. The number of hydrogen-bond acceptors (Lipinski definition) is 4. The number of rotatable bonds is 5. The number of nitrogens with zero attached hydrogens (tertiary/aromatic N) is 1. The van der Waals surface area contributed by atoms with Crippen LogP contribution in [0, 0.1) is 13.8 Å². The van der Waals surface area contributed by atoms with E-state index in [0.29, 0.717) is 28.3 Å². The topological polar surface area (TPSA) is 58.6 Å². The van der Waals surface area contributed by atoms with E-state index in [2.05, 4.69) is 5.32 Å². The Morgan fingerprint density at radius 2 is 1.43 bits per heavy atom. The minimum atomic E-state index is -0.375. The Morgan fingerprint density at radius 1 is 0.800 bits per heavy atom. The van der Waals surface area contributed by atoms with Gasteiger partial charge in [-0.1, -0.05) is 36.4 Å². The van der Waals surface area contributed by atoms with Crippen LogP contribution in [0.3, 0.4) is 0 Å². The van der Waals surface area contributed by atoms with Crippen molar-refractivity contribution < 1.29 is 14.3 Å². The first-order valence-corrected chi connectivity index (χ1v) is 9.66. The number of anilines is 2. The Labute approximate surface area is 175 Å². The fourth-order valence-electron chi connectivity index (χ4n) is 3.65. The average molecular weight is 398 g/mol. The number of carbonyl (C=O) groups excluding carboxylic acids is 2. The first-order valence-electron chi connectivity index (χ1n) is 9.66. The summed E-state index contributed by atoms with van der Waals surface area (Å²) in [6.45, 7) is 3.90. The van der Waals surface area contributed by atoms with Gasteiger partial charge in [0, 0.05) is 5.69 Å². The molecule has 0 fully saturated rings. The molecule has 1 aliphatic heterocycles. The third kappa shape index (κ3) is 3.57. The molecule has 0 aliphatic carbocycles. The molecule has 3 aromatic carbocycles. The highest BCUT2D eigenvalue weighted by Crippen LogP contribution is 2.34. The fraction of sp³-hybridized carbons (Fsp3) is 0.120. The molecular formula is C25H22N2O3. The molecule has 0 spiro atoms. The van der Waals surface area contributed by atoms with Crippen LogP contribution < -0.4 is 15.0 Å². The molecule has 0 unspecified atom stereocenters. The van der Waals surface area contributed by atoms with E-state index in [0.717, 1.165) is 11.1 Å². The van der Waals surface area contributed by atoms with E-state index in [1.165, 1.54) is 4.90 Å². The number of carbonyl (C=O) groups is 2. The van der Waals surface area contributed by atoms with Crippen molar-refractivity contribution in [3.05, 3.63) is 95.2 Å². The summed E-state index contributed by atoms with van der Waals surface area (Å²) in [6.07, 6.45) is 0. The van der Waals surface area contributed by atoms with Crippen molar-refractivity contribution in [3.8, 4) is 5.75 Å². The van der Waals surface area contributed by atoms with Crippen LogP contribution in [0.5, 0.6) is 5.75 Å². The normalized spacial score (nSPS) is 13.8. The average Bonchev–Trinajstić information content (AvgIpc) is 2.98. The molecule has 3 aromatic rings. The smallest absolute Gasteiger partial charge is 0.282 e. The molecular weight excluding hydrogens is 376 g/mol. The lowest BCUT2D eigenvalue weighted by Crippen LogP contribution is -2.32. The van der Waals surface area contributed by atoms with E-state index < -0.39 is 0 Å². The lowest BCUT2D eigenvalue weighted by molar-refractivity contribution is -0.120. The first-order chi connectivity index (χ1) is 14.5. The molecule has 1 aliphatic rings. The standard InChI is InChI=1S/C25H22N2O3/c1-16-13-17(2)15-20(14-16)27-24(28)22(18-7-5-4-6-8-18)23(25(27)29)26-19-9-11-21(30-3)12-10-19/h4-15,26H,1-3H3. The lowest BCUT2D eigenvalue weighted by atomic mass is 10.0. The molecule has 0 bridgehead atoms. The van der Waals surface area contributed by atoms with Crippen LogP contribution in [-0.2, 0) is 9.59 Å². The summed E-state index contributed by atoms with van der Waals surface area (Å²) in [7, 11) is 1.60. The van der Waals surface area contributed by atoms with Crippen LogP contribution in [-0.4, -0.2) is 18.9 Å². The van der Waals surface area contributed by atoms with Crippen LogP contribution in [0.2, 0.25) is 0 Å². The van der Waals surface area contributed by atoms with Crippen molar-refractivity contribution in [1.29, 1.82) is 0 Å². The molecule has 5 nitrogen and oxygen atoms in total. The zero-order chi connectivity index (χ0) is 21.3. The van der Waals surface area contributed by atoms with Crippen LogP contribution >= 0.6 is 0 Å². The monoisotopic (exact) mass is 398 g/mol. The highest BCUT2D eigenvalue weighted by molar-refractivity contribution is 6.46. The number of aryl methyl sites for hydroxylation is 2. The zero-order valence-electron chi connectivity index (χ0n) is 17.1. The third-order valence-corrected chi connectivity index (χ3v) is 4.97. The summed E-state index contributed by atoms with van der Waals surface area (Å²) >= 11 is 0. The quantitative estimate of drug-likeness (QED) is 0.633. The Morgan fingerprint density at radius 3 is 2.03 bits per heavy atom. The first kappa shape index (κ1) is 19.5. The van der Waals surface area contributed by atoms with Crippen LogP contribution in [0.25, 0.3) is 5.57 Å². The summed E-state index contributed by atoms with van der Waals surface area (Å²) in [5.41, 5.74) is 4.56. The minimum absolute atomic E-state index is 0.260. The highest BCUT2D eigenvalue weighted by Gasteiger charge is 2.40. The summed E-state index contributed by atoms with van der Waals surface area (Å²) in [5.74, 6) is -0.00428. The molecule has 5 heteroatoms. The van der Waals surface area contributed by atoms with Crippen molar-refractivity contribution in [1.82, 2.24) is 0 Å². The largest absolute Gasteiger partial charge is 0.497 e. The molecule has 0 atom stereocenters. The van der Waals surface area contributed by atoms with Gasteiger partial charge in [-0.2, -0.15) is 0 Å².